The molecule has 7 nitrogen and oxygen atoms in total. The van der Waals surface area contributed by atoms with Crippen molar-refractivity contribution in [3.63, 3.8) is 0 Å². The van der Waals surface area contributed by atoms with Crippen LogP contribution in [0.25, 0.3) is 0 Å². The van der Waals surface area contributed by atoms with Crippen LogP contribution >= 0.6 is 15.9 Å². The van der Waals surface area contributed by atoms with Crippen molar-refractivity contribution in [2.75, 3.05) is 12.4 Å². The second-order valence-corrected chi connectivity index (χ2v) is 4.67. The second kappa shape index (κ2) is 6.29. The molecule has 8 heteroatoms. The number of carbonyl (C=O) groups is 1. The number of aromatic nitrogens is 4. The summed E-state index contributed by atoms with van der Waals surface area (Å²) in [5.74, 6) is 0.212. The van der Waals surface area contributed by atoms with Crippen LogP contribution in [0, 0.1) is 0 Å². The van der Waals surface area contributed by atoms with E-state index < -0.39 is 0 Å². The maximum atomic E-state index is 12.2. The number of methoxy groups -OCH3 is 1. The maximum absolute atomic E-state index is 12.2. The van der Waals surface area contributed by atoms with Gasteiger partial charge in [-0.3, -0.25) is 10.1 Å². The highest BCUT2D eigenvalue weighted by atomic mass is 79.9. The van der Waals surface area contributed by atoms with E-state index in [4.69, 9.17) is 4.74 Å². The minimum absolute atomic E-state index is 0.124. The SMILES string of the molecule is C=CCn1nnc(NC(=O)c2cc(Br)ccc2OC)n1. The molecule has 0 radical (unpaired) electrons. The van der Waals surface area contributed by atoms with Gasteiger partial charge in [0.2, 0.25) is 0 Å². The predicted octanol–water partition coefficient (Wildman–Crippen LogP) is 1.88. The lowest BCUT2D eigenvalue weighted by Crippen LogP contribution is -2.14. The Hall–Kier alpha value is -2.22. The summed E-state index contributed by atoms with van der Waals surface area (Å²) < 4.78 is 5.92. The van der Waals surface area contributed by atoms with E-state index in [1.165, 1.54) is 11.9 Å². The molecule has 0 saturated carbocycles. The molecule has 0 unspecified atom stereocenters. The number of rotatable bonds is 5. The van der Waals surface area contributed by atoms with Gasteiger partial charge in [0.25, 0.3) is 11.9 Å². The Morgan fingerprint density at radius 3 is 3.10 bits per heavy atom. The number of ether oxygens (including phenoxy) is 1. The van der Waals surface area contributed by atoms with E-state index in [1.807, 2.05) is 0 Å². The van der Waals surface area contributed by atoms with Gasteiger partial charge in [0.15, 0.2) is 0 Å². The zero-order valence-electron chi connectivity index (χ0n) is 10.7. The first-order valence-electron chi connectivity index (χ1n) is 5.67. The number of hydrogen-bond acceptors (Lipinski definition) is 5. The molecular formula is C12H12BrN5O2. The standard InChI is InChI=1S/C12H12BrN5O2/c1-3-6-18-16-12(15-17-18)14-11(19)9-7-8(13)4-5-10(9)20-2/h3-5,7H,1,6H2,2H3,(H,14,16,19). The van der Waals surface area contributed by atoms with Crippen LogP contribution in [0.3, 0.4) is 0 Å². The first kappa shape index (κ1) is 14.2. The van der Waals surface area contributed by atoms with Crippen molar-refractivity contribution in [2.45, 2.75) is 6.54 Å². The van der Waals surface area contributed by atoms with Gasteiger partial charge in [0.1, 0.15) is 5.75 Å². The molecule has 1 N–H and O–H groups in total. The number of nitrogens with zero attached hydrogens (tertiary/aromatic N) is 4. The summed E-state index contributed by atoms with van der Waals surface area (Å²) in [6, 6.07) is 5.14. The van der Waals surface area contributed by atoms with Crippen LogP contribution in [0.15, 0.2) is 35.3 Å². The smallest absolute Gasteiger partial charge is 0.270 e. The van der Waals surface area contributed by atoms with Gasteiger partial charge < -0.3 is 4.74 Å². The molecule has 2 rings (SSSR count). The predicted molar refractivity (Wildman–Crippen MR) is 76.7 cm³/mol. The van der Waals surface area contributed by atoms with Crippen molar-refractivity contribution < 1.29 is 9.53 Å². The molecule has 1 heterocycles. The monoisotopic (exact) mass is 337 g/mol. The average Bonchev–Trinajstić information content (AvgIpc) is 2.86. The number of hydrogen-bond donors (Lipinski definition) is 1. The summed E-state index contributed by atoms with van der Waals surface area (Å²) in [6.07, 6.45) is 1.63. The summed E-state index contributed by atoms with van der Waals surface area (Å²) in [5.41, 5.74) is 0.377. The van der Waals surface area contributed by atoms with E-state index in [0.29, 0.717) is 17.9 Å². The van der Waals surface area contributed by atoms with Gasteiger partial charge in [0.05, 0.1) is 19.2 Å². The molecule has 104 valence electrons. The van der Waals surface area contributed by atoms with Crippen LogP contribution in [0.4, 0.5) is 5.95 Å². The summed E-state index contributed by atoms with van der Waals surface area (Å²) in [4.78, 5) is 13.5. The van der Waals surface area contributed by atoms with Crippen LogP contribution in [-0.4, -0.2) is 33.2 Å². The van der Waals surface area contributed by atoms with Gasteiger partial charge >= 0.3 is 0 Å². The first-order chi connectivity index (χ1) is 9.63. The fourth-order valence-corrected chi connectivity index (χ4v) is 1.87. The number of benzene rings is 1. The van der Waals surface area contributed by atoms with E-state index >= 15 is 0 Å². The lowest BCUT2D eigenvalue weighted by atomic mass is 10.2. The molecular weight excluding hydrogens is 326 g/mol. The quantitative estimate of drug-likeness (QED) is 0.842. The Morgan fingerprint density at radius 2 is 2.40 bits per heavy atom. The minimum Gasteiger partial charge on any atom is -0.496 e. The van der Waals surface area contributed by atoms with Gasteiger partial charge in [-0.15, -0.1) is 11.7 Å². The third-order valence-corrected chi connectivity index (χ3v) is 2.87. The molecule has 1 aromatic carbocycles. The highest BCUT2D eigenvalue weighted by molar-refractivity contribution is 9.10. The molecule has 0 atom stereocenters. The van der Waals surface area contributed by atoms with Crippen LogP contribution in [0.2, 0.25) is 0 Å². The molecule has 0 aliphatic heterocycles. The number of nitrogens with one attached hydrogen (secondary N) is 1. The molecule has 1 aromatic heterocycles. The average molecular weight is 338 g/mol. The first-order valence-corrected chi connectivity index (χ1v) is 6.47. The Kier molecular flexibility index (Phi) is 4.46. The third-order valence-electron chi connectivity index (χ3n) is 2.38. The largest absolute Gasteiger partial charge is 0.496 e. The van der Waals surface area contributed by atoms with Crippen LogP contribution in [0.5, 0.6) is 5.75 Å². The topological polar surface area (TPSA) is 81.9 Å². The summed E-state index contributed by atoms with van der Waals surface area (Å²) in [7, 11) is 1.50. The number of halogens is 1. The molecule has 1 amide bonds. The van der Waals surface area contributed by atoms with Gasteiger partial charge in [-0.2, -0.15) is 4.80 Å². The number of tetrazole rings is 1. The van der Waals surface area contributed by atoms with Crippen molar-refractivity contribution in [2.24, 2.45) is 0 Å². The van der Waals surface area contributed by atoms with Crippen molar-refractivity contribution in [3.8, 4) is 5.75 Å². The maximum Gasteiger partial charge on any atom is 0.270 e. The molecule has 0 saturated heterocycles. The van der Waals surface area contributed by atoms with E-state index in [9.17, 15) is 4.79 Å². The molecule has 0 spiro atoms. The van der Waals surface area contributed by atoms with Gasteiger partial charge in [0, 0.05) is 4.47 Å². The molecule has 0 aliphatic carbocycles. The Labute approximate surface area is 123 Å². The fourth-order valence-electron chi connectivity index (χ4n) is 1.51. The number of carbonyl (C=O) groups excluding carboxylic acids is 1. The van der Waals surface area contributed by atoms with E-state index in [0.717, 1.165) is 4.47 Å². The Bertz CT molecular complexity index is 641. The fraction of sp³-hybridized carbons (Fsp3) is 0.167. The molecule has 0 bridgehead atoms. The zero-order chi connectivity index (χ0) is 14.5. The van der Waals surface area contributed by atoms with Crippen molar-refractivity contribution >= 4 is 27.8 Å². The highest BCUT2D eigenvalue weighted by Crippen LogP contribution is 2.23. The lowest BCUT2D eigenvalue weighted by Gasteiger charge is -2.07. The van der Waals surface area contributed by atoms with E-state index in [2.05, 4.69) is 43.2 Å². The molecule has 20 heavy (non-hydrogen) atoms. The van der Waals surface area contributed by atoms with Crippen LogP contribution < -0.4 is 10.1 Å². The molecule has 0 aliphatic rings. The minimum atomic E-state index is -0.374. The number of amides is 1. The highest BCUT2D eigenvalue weighted by Gasteiger charge is 2.15. The second-order valence-electron chi connectivity index (χ2n) is 3.76. The summed E-state index contributed by atoms with van der Waals surface area (Å²) in [6.45, 7) is 3.99. The van der Waals surface area contributed by atoms with E-state index in [-0.39, 0.29) is 11.9 Å². The van der Waals surface area contributed by atoms with E-state index in [1.54, 1.807) is 24.3 Å². The van der Waals surface area contributed by atoms with Crippen molar-refractivity contribution in [1.82, 2.24) is 20.2 Å². The molecule has 0 fully saturated rings. The lowest BCUT2D eigenvalue weighted by molar-refractivity contribution is 0.102. The zero-order valence-corrected chi connectivity index (χ0v) is 12.3. The Morgan fingerprint density at radius 1 is 1.60 bits per heavy atom. The normalized spacial score (nSPS) is 10.1. The summed E-state index contributed by atoms with van der Waals surface area (Å²) >= 11 is 3.31. The number of allylic oxidation sites excluding steroid dienone is 1. The number of anilines is 1. The van der Waals surface area contributed by atoms with Crippen LogP contribution in [0.1, 0.15) is 10.4 Å². The van der Waals surface area contributed by atoms with Crippen molar-refractivity contribution in [3.05, 3.63) is 40.9 Å². The third kappa shape index (κ3) is 3.21. The molecule has 2 aromatic rings. The van der Waals surface area contributed by atoms with Crippen LogP contribution in [-0.2, 0) is 6.54 Å². The van der Waals surface area contributed by atoms with Crippen molar-refractivity contribution in [1.29, 1.82) is 0 Å². The summed E-state index contributed by atoms with van der Waals surface area (Å²) in [5, 5.41) is 14.0. The van der Waals surface area contributed by atoms with Gasteiger partial charge in [-0.25, -0.2) is 0 Å². The van der Waals surface area contributed by atoms with Gasteiger partial charge in [-0.05, 0) is 23.4 Å². The van der Waals surface area contributed by atoms with Gasteiger partial charge in [-0.1, -0.05) is 27.1 Å². The Balaban J connectivity index is 2.18.